The first-order valence-electron chi connectivity index (χ1n) is 7.70. The molecule has 1 aromatic rings. The number of Topliss-reactive ketones (excluding diaryl/α,β-unsaturated/α-hetero) is 1. The molecule has 0 bridgehead atoms. The van der Waals surface area contributed by atoms with E-state index in [2.05, 4.69) is 0 Å². The smallest absolute Gasteiger partial charge is 0.185 e. The van der Waals surface area contributed by atoms with Crippen molar-refractivity contribution < 1.29 is 18.1 Å². The number of nitrogens with two attached hydrogens (primary N) is 1. The van der Waals surface area contributed by atoms with E-state index >= 15 is 0 Å². The molecule has 0 radical (unpaired) electrons. The van der Waals surface area contributed by atoms with E-state index in [1.165, 1.54) is 0 Å². The van der Waals surface area contributed by atoms with Crippen molar-refractivity contribution in [2.75, 3.05) is 0 Å². The van der Waals surface area contributed by atoms with Crippen molar-refractivity contribution in [3.05, 3.63) is 34.8 Å². The van der Waals surface area contributed by atoms with Crippen LogP contribution in [0.1, 0.15) is 33.0 Å². The lowest BCUT2D eigenvalue weighted by Crippen LogP contribution is -2.52. The maximum atomic E-state index is 12.3. The number of carbonyl (C=O) groups excluding carboxylic acids is 1. The monoisotopic (exact) mass is 245 g/mol. The summed E-state index contributed by atoms with van der Waals surface area (Å²) in [5, 5.41) is 9.34. The molecule has 16 heavy (non-hydrogen) atoms. The zero-order valence-electron chi connectivity index (χ0n) is 14.3. The molecule has 3 N–H and O–H groups in total. The molecule has 0 heterocycles. The number of aliphatic hydroxyl groups is 1. The Kier molecular flexibility index (Phi) is 1.60. The highest BCUT2D eigenvalue weighted by Gasteiger charge is 2.43. The van der Waals surface area contributed by atoms with Crippen LogP contribution in [0.25, 0.3) is 0 Å². The van der Waals surface area contributed by atoms with Crippen LogP contribution in [0.5, 0.6) is 0 Å². The third kappa shape index (κ3) is 1.75. The van der Waals surface area contributed by atoms with Gasteiger partial charge in [0.05, 0.1) is 5.48 Å². The predicted molar refractivity (Wildman–Crippen MR) is 62.2 cm³/mol. The Morgan fingerprint density at radius 3 is 3.06 bits per heavy atom. The van der Waals surface area contributed by atoms with Crippen LogP contribution in [0.15, 0.2) is 24.2 Å². The number of hydrogen-bond acceptors (Lipinski definition) is 3. The molecule has 0 aromatic heterocycles. The van der Waals surface area contributed by atoms with Crippen molar-refractivity contribution >= 4 is 17.4 Å². The molecule has 0 saturated heterocycles. The fourth-order valence-corrected chi connectivity index (χ4v) is 1.96. The highest BCUT2D eigenvalue weighted by atomic mass is 35.5. The fraction of sp³-hybridized carbons (Fsp3) is 0.417. The summed E-state index contributed by atoms with van der Waals surface area (Å²) in [5.41, 5.74) is 3.50. The highest BCUT2D eigenvalue weighted by Crippen LogP contribution is 2.35. The molecule has 0 amide bonds. The standard InChI is InChI=1S/C12H14ClNO2/c13-9-5-2-1-4-8(9)12(14)7-3-6-10(15)11(12)16/h1-2,4-5,10,15H,3,6-7,14H2/i1D,2D,3D2,4D,5D. The van der Waals surface area contributed by atoms with Gasteiger partial charge in [0, 0.05) is 7.76 Å². The molecule has 0 aliphatic heterocycles. The third-order valence-electron chi connectivity index (χ3n) is 2.57. The Hall–Kier alpha value is -0.900. The van der Waals surface area contributed by atoms with Crippen LogP contribution in [0, 0.1) is 0 Å². The Morgan fingerprint density at radius 2 is 2.31 bits per heavy atom. The summed E-state index contributed by atoms with van der Waals surface area (Å²) < 4.78 is 46.4. The van der Waals surface area contributed by atoms with Gasteiger partial charge in [-0.1, -0.05) is 29.7 Å². The molecule has 1 aliphatic carbocycles. The SMILES string of the molecule is [2H]c1c([2H])c([2H])c(C2(N)CC([2H])([2H])CC(O)C2=O)c(Cl)c1[2H]. The number of ketones is 1. The van der Waals surface area contributed by atoms with Gasteiger partial charge in [-0.2, -0.15) is 0 Å². The van der Waals surface area contributed by atoms with Gasteiger partial charge >= 0.3 is 0 Å². The first kappa shape index (κ1) is 6.15. The Morgan fingerprint density at radius 1 is 1.62 bits per heavy atom. The second-order valence-corrected chi connectivity index (χ2v) is 4.05. The number of hydrogen-bond donors (Lipinski definition) is 2. The van der Waals surface area contributed by atoms with E-state index in [4.69, 9.17) is 25.6 Å². The van der Waals surface area contributed by atoms with Crippen molar-refractivity contribution in [2.45, 2.75) is 30.9 Å². The van der Waals surface area contributed by atoms with Crippen LogP contribution in [-0.2, 0) is 10.3 Å². The number of carbonyl (C=O) groups is 1. The van der Waals surface area contributed by atoms with Crippen LogP contribution in [0.3, 0.4) is 0 Å². The van der Waals surface area contributed by atoms with Gasteiger partial charge < -0.3 is 10.8 Å². The topological polar surface area (TPSA) is 63.3 Å². The number of aliphatic hydroxyl groups excluding tert-OH is 1. The van der Waals surface area contributed by atoms with E-state index < -0.39 is 65.8 Å². The lowest BCUT2D eigenvalue weighted by atomic mass is 9.75. The molecule has 2 rings (SSSR count). The van der Waals surface area contributed by atoms with Gasteiger partial charge in [-0.15, -0.1) is 0 Å². The van der Waals surface area contributed by atoms with Gasteiger partial charge in [0.25, 0.3) is 0 Å². The van der Waals surface area contributed by atoms with Gasteiger partial charge in [0.2, 0.25) is 0 Å². The van der Waals surface area contributed by atoms with Gasteiger partial charge in [-0.3, -0.25) is 4.79 Å². The summed E-state index contributed by atoms with van der Waals surface area (Å²) in [4.78, 5) is 12.3. The molecule has 4 heteroatoms. The number of benzene rings is 1. The van der Waals surface area contributed by atoms with E-state index in [0.29, 0.717) is 0 Å². The first-order chi connectivity index (χ1) is 9.92. The molecule has 3 nitrogen and oxygen atoms in total. The summed E-state index contributed by atoms with van der Waals surface area (Å²) in [6, 6.07) is -2.36. The third-order valence-corrected chi connectivity index (χ3v) is 2.86. The quantitative estimate of drug-likeness (QED) is 0.790. The predicted octanol–water partition coefficient (Wildman–Crippen LogP) is 1.61. The van der Waals surface area contributed by atoms with Crippen LogP contribution < -0.4 is 5.73 Å². The van der Waals surface area contributed by atoms with Crippen molar-refractivity contribution in [1.82, 2.24) is 0 Å². The van der Waals surface area contributed by atoms with E-state index in [0.717, 1.165) is 0 Å². The molecule has 0 spiro atoms. The zero-order valence-corrected chi connectivity index (χ0v) is 9.06. The second-order valence-electron chi connectivity index (χ2n) is 3.67. The van der Waals surface area contributed by atoms with Crippen LogP contribution >= 0.6 is 11.6 Å². The minimum Gasteiger partial charge on any atom is -0.385 e. The van der Waals surface area contributed by atoms with Crippen LogP contribution in [0.4, 0.5) is 0 Å². The molecular formula is C12H14ClNO2. The van der Waals surface area contributed by atoms with E-state index in [-0.39, 0.29) is 5.56 Å². The maximum Gasteiger partial charge on any atom is 0.185 e. The Labute approximate surface area is 108 Å². The Bertz CT molecular complexity index is 639. The molecular weight excluding hydrogens is 226 g/mol. The van der Waals surface area contributed by atoms with E-state index in [1.807, 2.05) is 0 Å². The summed E-state index contributed by atoms with van der Waals surface area (Å²) in [6.45, 7) is 0. The van der Waals surface area contributed by atoms with Gasteiger partial charge in [-0.25, -0.2) is 0 Å². The Balaban J connectivity index is 2.76. The lowest BCUT2D eigenvalue weighted by molar-refractivity contribution is -0.136. The highest BCUT2D eigenvalue weighted by molar-refractivity contribution is 6.31. The molecule has 1 aliphatic rings. The molecule has 1 fully saturated rings. The summed E-state index contributed by atoms with van der Waals surface area (Å²) in [7, 11) is 0. The molecule has 2 unspecified atom stereocenters. The molecule has 2 atom stereocenters. The summed E-state index contributed by atoms with van der Waals surface area (Å²) >= 11 is 5.96. The van der Waals surface area contributed by atoms with Crippen LogP contribution in [-0.4, -0.2) is 17.0 Å². The normalized spacial score (nSPS) is 38.9. The van der Waals surface area contributed by atoms with Gasteiger partial charge in [0.1, 0.15) is 11.6 Å². The van der Waals surface area contributed by atoms with Crippen molar-refractivity contribution in [3.8, 4) is 0 Å². The van der Waals surface area contributed by atoms with Gasteiger partial charge in [-0.05, 0) is 30.8 Å². The van der Waals surface area contributed by atoms with Crippen molar-refractivity contribution in [1.29, 1.82) is 0 Å². The molecule has 1 aromatic carbocycles. The van der Waals surface area contributed by atoms with Crippen molar-refractivity contribution in [2.24, 2.45) is 5.73 Å². The zero-order chi connectivity index (χ0) is 17.0. The minimum absolute atomic E-state index is 0.382. The van der Waals surface area contributed by atoms with Gasteiger partial charge in [0.15, 0.2) is 5.78 Å². The summed E-state index contributed by atoms with van der Waals surface area (Å²) in [5.74, 6) is -0.908. The average Bonchev–Trinajstić information content (AvgIpc) is 2.39. The fourth-order valence-electron chi connectivity index (χ4n) is 1.70. The van der Waals surface area contributed by atoms with Crippen LogP contribution in [0.2, 0.25) is 5.02 Å². The first-order valence-corrected chi connectivity index (χ1v) is 5.08. The number of rotatable bonds is 1. The maximum absolute atomic E-state index is 12.3. The van der Waals surface area contributed by atoms with E-state index in [9.17, 15) is 9.90 Å². The molecule has 1 saturated carbocycles. The second kappa shape index (κ2) is 4.17. The minimum atomic E-state index is -2.12. The number of halogens is 1. The average molecular weight is 246 g/mol. The molecule has 86 valence electrons. The van der Waals surface area contributed by atoms with E-state index in [1.54, 1.807) is 0 Å². The largest absolute Gasteiger partial charge is 0.385 e. The summed E-state index contributed by atoms with van der Waals surface area (Å²) in [6.07, 6.45) is -4.59. The lowest BCUT2D eigenvalue weighted by Gasteiger charge is -2.35. The van der Waals surface area contributed by atoms with Crippen molar-refractivity contribution in [3.63, 3.8) is 0 Å².